The zero-order chi connectivity index (χ0) is 22.2. The first-order valence-electron chi connectivity index (χ1n) is 9.50. The molecule has 29 heavy (non-hydrogen) atoms. The molecule has 0 spiro atoms. The number of rotatable bonds is 9. The van der Waals surface area contributed by atoms with Crippen LogP contribution in [-0.2, 0) is 19.1 Å². The standard InChI is InChI=1S/C20H32N4O5/c1-12(2)11-13(15(29-6)18(26)24-28)17(25)23-16(20(3,4)5)19(27)22-14-9-7-8-10-21-14/h7-10,12-13,15-16,28H,11H2,1-6H3,(H,23,25)(H,24,26)(H,21,22,27)/t13-,15?,16?/m1/s1. The first-order chi connectivity index (χ1) is 13.5. The molecule has 9 heteroatoms. The molecule has 0 fully saturated rings. The highest BCUT2D eigenvalue weighted by Crippen LogP contribution is 2.24. The van der Waals surface area contributed by atoms with Crippen molar-refractivity contribution in [1.29, 1.82) is 0 Å². The van der Waals surface area contributed by atoms with Crippen molar-refractivity contribution < 1.29 is 24.3 Å². The third-order valence-corrected chi connectivity index (χ3v) is 4.38. The maximum atomic E-state index is 13.1. The van der Waals surface area contributed by atoms with Crippen molar-refractivity contribution in [1.82, 2.24) is 15.8 Å². The lowest BCUT2D eigenvalue weighted by Crippen LogP contribution is -2.55. The Morgan fingerprint density at radius 1 is 1.14 bits per heavy atom. The molecule has 0 aromatic carbocycles. The molecule has 3 amide bonds. The van der Waals surface area contributed by atoms with E-state index >= 15 is 0 Å². The molecule has 1 aromatic rings. The quantitative estimate of drug-likeness (QED) is 0.364. The molecule has 9 nitrogen and oxygen atoms in total. The number of carbonyl (C=O) groups is 3. The van der Waals surface area contributed by atoms with Crippen LogP contribution in [0.15, 0.2) is 24.4 Å². The summed E-state index contributed by atoms with van der Waals surface area (Å²) in [6.45, 7) is 9.27. The Kier molecular flexibility index (Phi) is 9.19. The van der Waals surface area contributed by atoms with Gasteiger partial charge in [-0.05, 0) is 29.9 Å². The highest BCUT2D eigenvalue weighted by molar-refractivity contribution is 5.98. The Morgan fingerprint density at radius 2 is 1.79 bits per heavy atom. The molecule has 3 atom stereocenters. The summed E-state index contributed by atoms with van der Waals surface area (Å²) in [5.74, 6) is -2.20. The van der Waals surface area contributed by atoms with Crippen LogP contribution < -0.4 is 16.1 Å². The number of carbonyl (C=O) groups excluding carboxylic acids is 3. The van der Waals surface area contributed by atoms with E-state index in [0.29, 0.717) is 12.2 Å². The highest BCUT2D eigenvalue weighted by atomic mass is 16.5. The number of hydrogen-bond donors (Lipinski definition) is 4. The molecular weight excluding hydrogens is 376 g/mol. The summed E-state index contributed by atoms with van der Waals surface area (Å²) in [6.07, 6.45) is 0.688. The number of hydrogen-bond acceptors (Lipinski definition) is 6. The van der Waals surface area contributed by atoms with Gasteiger partial charge in [-0.1, -0.05) is 40.7 Å². The van der Waals surface area contributed by atoms with Crippen molar-refractivity contribution in [3.8, 4) is 0 Å². The van der Waals surface area contributed by atoms with Crippen molar-refractivity contribution in [2.45, 2.75) is 53.2 Å². The van der Waals surface area contributed by atoms with E-state index in [1.165, 1.54) is 12.6 Å². The molecule has 0 bridgehead atoms. The van der Waals surface area contributed by atoms with E-state index in [9.17, 15) is 14.4 Å². The van der Waals surface area contributed by atoms with E-state index in [0.717, 1.165) is 0 Å². The molecule has 0 saturated carbocycles. The Bertz CT molecular complexity index is 688. The average Bonchev–Trinajstić information content (AvgIpc) is 2.64. The van der Waals surface area contributed by atoms with E-state index in [-0.39, 0.29) is 5.92 Å². The second-order valence-corrected chi connectivity index (χ2v) is 8.38. The van der Waals surface area contributed by atoms with E-state index in [2.05, 4.69) is 15.6 Å². The minimum Gasteiger partial charge on any atom is -0.371 e. The summed E-state index contributed by atoms with van der Waals surface area (Å²) in [5, 5.41) is 14.4. The fourth-order valence-electron chi connectivity index (χ4n) is 2.95. The van der Waals surface area contributed by atoms with Crippen molar-refractivity contribution in [2.24, 2.45) is 17.3 Å². The van der Waals surface area contributed by atoms with Crippen LogP contribution in [0.4, 0.5) is 5.82 Å². The van der Waals surface area contributed by atoms with Gasteiger partial charge in [-0.15, -0.1) is 0 Å². The van der Waals surface area contributed by atoms with Crippen molar-refractivity contribution >= 4 is 23.5 Å². The molecular formula is C20H32N4O5. The highest BCUT2D eigenvalue weighted by Gasteiger charge is 2.39. The molecule has 0 aliphatic rings. The Hall–Kier alpha value is -2.52. The van der Waals surface area contributed by atoms with E-state index in [4.69, 9.17) is 9.94 Å². The van der Waals surface area contributed by atoms with Crippen LogP contribution in [0.5, 0.6) is 0 Å². The molecule has 4 N–H and O–H groups in total. The monoisotopic (exact) mass is 408 g/mol. The number of amides is 3. The second kappa shape index (κ2) is 10.9. The Labute approximate surface area is 171 Å². The van der Waals surface area contributed by atoms with E-state index in [1.54, 1.807) is 24.4 Å². The van der Waals surface area contributed by atoms with Crippen molar-refractivity contribution in [3.05, 3.63) is 24.4 Å². The van der Waals surface area contributed by atoms with E-state index < -0.39 is 41.2 Å². The number of pyridine rings is 1. The number of methoxy groups -OCH3 is 1. The van der Waals surface area contributed by atoms with Crippen LogP contribution in [0, 0.1) is 17.3 Å². The van der Waals surface area contributed by atoms with Crippen LogP contribution in [0.3, 0.4) is 0 Å². The number of aromatic nitrogens is 1. The second-order valence-electron chi connectivity index (χ2n) is 8.38. The normalized spacial score (nSPS) is 14.6. The van der Waals surface area contributed by atoms with E-state index in [1.807, 2.05) is 34.6 Å². The lowest BCUT2D eigenvalue weighted by Gasteiger charge is -2.33. The van der Waals surface area contributed by atoms with Gasteiger partial charge in [-0.3, -0.25) is 19.6 Å². The molecule has 1 aromatic heterocycles. The van der Waals surface area contributed by atoms with Gasteiger partial charge in [0.1, 0.15) is 18.0 Å². The Morgan fingerprint density at radius 3 is 2.24 bits per heavy atom. The molecule has 0 radical (unpaired) electrons. The molecule has 2 unspecified atom stereocenters. The van der Waals surface area contributed by atoms with Gasteiger partial charge in [0, 0.05) is 13.3 Å². The lowest BCUT2D eigenvalue weighted by atomic mass is 9.84. The summed E-state index contributed by atoms with van der Waals surface area (Å²) in [7, 11) is 1.29. The zero-order valence-electron chi connectivity index (χ0n) is 17.9. The molecule has 0 aliphatic carbocycles. The third-order valence-electron chi connectivity index (χ3n) is 4.38. The topological polar surface area (TPSA) is 130 Å². The number of hydroxylamine groups is 1. The number of ether oxygens (including phenoxy) is 1. The molecule has 1 rings (SSSR count). The maximum absolute atomic E-state index is 13.1. The minimum atomic E-state index is -1.19. The van der Waals surface area contributed by atoms with Crippen LogP contribution in [0.1, 0.15) is 41.0 Å². The predicted molar refractivity (Wildman–Crippen MR) is 108 cm³/mol. The minimum absolute atomic E-state index is 0.0744. The summed E-state index contributed by atoms with van der Waals surface area (Å²) < 4.78 is 5.17. The number of nitrogens with zero attached hydrogens (tertiary/aromatic N) is 1. The van der Waals surface area contributed by atoms with Crippen molar-refractivity contribution in [2.75, 3.05) is 12.4 Å². The van der Waals surface area contributed by atoms with Crippen LogP contribution in [-0.4, -0.2) is 47.2 Å². The van der Waals surface area contributed by atoms with Gasteiger partial charge in [0.2, 0.25) is 11.8 Å². The van der Waals surface area contributed by atoms with Crippen LogP contribution in [0.25, 0.3) is 0 Å². The Balaban J connectivity index is 3.09. The fourth-order valence-corrected chi connectivity index (χ4v) is 2.95. The molecule has 1 heterocycles. The van der Waals surface area contributed by atoms with Gasteiger partial charge < -0.3 is 15.4 Å². The van der Waals surface area contributed by atoms with Gasteiger partial charge >= 0.3 is 0 Å². The first-order valence-corrected chi connectivity index (χ1v) is 9.50. The third kappa shape index (κ3) is 7.43. The van der Waals surface area contributed by atoms with Crippen LogP contribution in [0.2, 0.25) is 0 Å². The molecule has 0 saturated heterocycles. The summed E-state index contributed by atoms with van der Waals surface area (Å²) in [5.41, 5.74) is 0.920. The van der Waals surface area contributed by atoms with Crippen molar-refractivity contribution in [3.63, 3.8) is 0 Å². The zero-order valence-corrected chi connectivity index (χ0v) is 17.9. The average molecular weight is 408 g/mol. The van der Waals surface area contributed by atoms with Gasteiger partial charge in [0.15, 0.2) is 0 Å². The summed E-state index contributed by atoms with van der Waals surface area (Å²) in [6, 6.07) is 4.23. The largest absolute Gasteiger partial charge is 0.371 e. The smallest absolute Gasteiger partial charge is 0.273 e. The van der Waals surface area contributed by atoms with Crippen LogP contribution >= 0.6 is 0 Å². The van der Waals surface area contributed by atoms with Gasteiger partial charge in [0.25, 0.3) is 5.91 Å². The summed E-state index contributed by atoms with van der Waals surface area (Å²) >= 11 is 0. The summed E-state index contributed by atoms with van der Waals surface area (Å²) in [4.78, 5) is 42.0. The van der Waals surface area contributed by atoms with Gasteiger partial charge in [-0.25, -0.2) is 10.5 Å². The lowest BCUT2D eigenvalue weighted by molar-refractivity contribution is -0.149. The SMILES string of the molecule is COC(C(=O)NO)[C@@H](CC(C)C)C(=O)NC(C(=O)Nc1ccccn1)C(C)(C)C. The van der Waals surface area contributed by atoms with Gasteiger partial charge in [-0.2, -0.15) is 0 Å². The fraction of sp³-hybridized carbons (Fsp3) is 0.600. The van der Waals surface area contributed by atoms with Gasteiger partial charge in [0.05, 0.1) is 5.92 Å². The molecule has 0 aliphatic heterocycles. The number of nitrogens with one attached hydrogen (secondary N) is 3. The first kappa shape index (κ1) is 24.5. The maximum Gasteiger partial charge on any atom is 0.273 e. The number of anilines is 1. The molecule has 162 valence electrons. The predicted octanol–water partition coefficient (Wildman–Crippen LogP) is 1.73.